The number of benzene rings is 1. The van der Waals surface area contributed by atoms with Gasteiger partial charge in [-0.15, -0.1) is 12.4 Å². The van der Waals surface area contributed by atoms with Crippen LogP contribution in [0.4, 0.5) is 5.69 Å². The molecule has 5 heteroatoms. The van der Waals surface area contributed by atoms with Crippen molar-refractivity contribution >= 4 is 40.6 Å². The van der Waals surface area contributed by atoms with Gasteiger partial charge in [-0.2, -0.15) is 0 Å². The highest BCUT2D eigenvalue weighted by Crippen LogP contribution is 2.20. The van der Waals surface area contributed by atoms with Crippen LogP contribution in [0.5, 0.6) is 0 Å². The molecule has 1 aromatic heterocycles. The third-order valence-electron chi connectivity index (χ3n) is 3.09. The van der Waals surface area contributed by atoms with Crippen molar-refractivity contribution in [2.24, 2.45) is 0 Å². The molecule has 1 saturated heterocycles. The van der Waals surface area contributed by atoms with Gasteiger partial charge in [-0.25, -0.2) is 4.98 Å². The predicted octanol–water partition coefficient (Wildman–Crippen LogP) is 3.08. The summed E-state index contributed by atoms with van der Waals surface area (Å²) in [5.74, 6) is 0. The van der Waals surface area contributed by atoms with E-state index < -0.39 is 0 Å². The molecule has 0 amide bonds. The summed E-state index contributed by atoms with van der Waals surface area (Å²) >= 11 is 5.86. The summed E-state index contributed by atoms with van der Waals surface area (Å²) in [5.41, 5.74) is 2.09. The fraction of sp³-hybridized carbons (Fsp3) is 0.308. The average Bonchev–Trinajstić information content (AvgIpc) is 2.82. The van der Waals surface area contributed by atoms with Crippen molar-refractivity contribution < 1.29 is 0 Å². The van der Waals surface area contributed by atoms with Crippen LogP contribution >= 0.6 is 24.0 Å². The van der Waals surface area contributed by atoms with Crippen molar-refractivity contribution in [2.45, 2.75) is 12.5 Å². The molecule has 18 heavy (non-hydrogen) atoms. The van der Waals surface area contributed by atoms with E-state index in [2.05, 4.69) is 27.8 Å². The Morgan fingerprint density at radius 1 is 1.28 bits per heavy atom. The second kappa shape index (κ2) is 5.74. The van der Waals surface area contributed by atoms with Crippen molar-refractivity contribution in [3.05, 3.63) is 35.5 Å². The molecular formula is C13H15Cl2N3. The highest BCUT2D eigenvalue weighted by Gasteiger charge is 2.13. The number of rotatable bonds is 2. The molecule has 2 heterocycles. The monoisotopic (exact) mass is 283 g/mol. The minimum Gasteiger partial charge on any atom is -0.381 e. The maximum absolute atomic E-state index is 5.86. The molecule has 1 aromatic carbocycles. The summed E-state index contributed by atoms with van der Waals surface area (Å²) < 4.78 is 0. The first-order valence-electron chi connectivity index (χ1n) is 5.85. The van der Waals surface area contributed by atoms with Crippen LogP contribution in [0.2, 0.25) is 5.15 Å². The normalized spacial score (nSPS) is 18.6. The van der Waals surface area contributed by atoms with E-state index in [-0.39, 0.29) is 12.4 Å². The van der Waals surface area contributed by atoms with Gasteiger partial charge in [0.15, 0.2) is 0 Å². The first-order valence-corrected chi connectivity index (χ1v) is 6.23. The Hall–Kier alpha value is -1.03. The van der Waals surface area contributed by atoms with Crippen LogP contribution in [0.1, 0.15) is 6.42 Å². The van der Waals surface area contributed by atoms with Crippen LogP contribution in [-0.2, 0) is 0 Å². The average molecular weight is 284 g/mol. The zero-order chi connectivity index (χ0) is 11.7. The molecule has 2 N–H and O–H groups in total. The van der Waals surface area contributed by atoms with Crippen LogP contribution in [0.15, 0.2) is 30.3 Å². The minimum absolute atomic E-state index is 0. The molecule has 1 atom stereocenters. The Balaban J connectivity index is 0.00000120. The lowest BCUT2D eigenvalue weighted by molar-refractivity contribution is 0.793. The number of anilines is 1. The summed E-state index contributed by atoms with van der Waals surface area (Å²) in [6, 6.07) is 10.5. The Kier molecular flexibility index (Phi) is 4.27. The molecule has 3 rings (SSSR count). The lowest BCUT2D eigenvalue weighted by atomic mass is 10.2. The van der Waals surface area contributed by atoms with Crippen LogP contribution in [0.25, 0.3) is 10.9 Å². The van der Waals surface area contributed by atoms with Gasteiger partial charge in [0, 0.05) is 23.7 Å². The highest BCUT2D eigenvalue weighted by molar-refractivity contribution is 6.29. The Morgan fingerprint density at radius 3 is 2.94 bits per heavy atom. The lowest BCUT2D eigenvalue weighted by Gasteiger charge is -2.13. The molecule has 1 fully saturated rings. The van der Waals surface area contributed by atoms with Gasteiger partial charge in [0.05, 0.1) is 5.52 Å². The predicted molar refractivity (Wildman–Crippen MR) is 78.9 cm³/mol. The second-order valence-corrected chi connectivity index (χ2v) is 4.76. The minimum atomic E-state index is 0. The highest BCUT2D eigenvalue weighted by atomic mass is 35.5. The number of nitrogens with one attached hydrogen (secondary N) is 2. The largest absolute Gasteiger partial charge is 0.381 e. The Bertz CT molecular complexity index is 539. The van der Waals surface area contributed by atoms with E-state index in [4.69, 9.17) is 11.6 Å². The van der Waals surface area contributed by atoms with Crippen LogP contribution < -0.4 is 10.6 Å². The van der Waals surface area contributed by atoms with Gasteiger partial charge in [-0.1, -0.05) is 11.6 Å². The molecule has 1 unspecified atom stereocenters. The van der Waals surface area contributed by atoms with E-state index in [1.54, 1.807) is 0 Å². The van der Waals surface area contributed by atoms with E-state index in [1.165, 1.54) is 6.42 Å². The van der Waals surface area contributed by atoms with E-state index in [9.17, 15) is 0 Å². The third kappa shape index (κ3) is 2.86. The number of aromatic nitrogens is 1. The van der Waals surface area contributed by atoms with Crippen molar-refractivity contribution in [3.63, 3.8) is 0 Å². The number of hydrogen-bond acceptors (Lipinski definition) is 3. The van der Waals surface area contributed by atoms with Crippen molar-refractivity contribution in [3.8, 4) is 0 Å². The van der Waals surface area contributed by atoms with Gasteiger partial charge in [-0.05, 0) is 43.3 Å². The maximum Gasteiger partial charge on any atom is 0.129 e. The van der Waals surface area contributed by atoms with E-state index in [1.807, 2.05) is 18.2 Å². The van der Waals surface area contributed by atoms with Gasteiger partial charge in [0.1, 0.15) is 5.15 Å². The molecule has 0 saturated carbocycles. The van der Waals surface area contributed by atoms with Gasteiger partial charge < -0.3 is 10.6 Å². The molecule has 96 valence electrons. The fourth-order valence-corrected chi connectivity index (χ4v) is 2.36. The smallest absolute Gasteiger partial charge is 0.129 e. The van der Waals surface area contributed by atoms with Crippen LogP contribution in [-0.4, -0.2) is 24.1 Å². The van der Waals surface area contributed by atoms with Gasteiger partial charge >= 0.3 is 0 Å². The van der Waals surface area contributed by atoms with Crippen LogP contribution in [0.3, 0.4) is 0 Å². The van der Waals surface area contributed by atoms with Crippen molar-refractivity contribution in [1.29, 1.82) is 0 Å². The zero-order valence-corrected chi connectivity index (χ0v) is 11.4. The summed E-state index contributed by atoms with van der Waals surface area (Å²) in [5, 5.41) is 8.53. The number of halogens is 2. The fourth-order valence-electron chi connectivity index (χ4n) is 2.20. The maximum atomic E-state index is 5.86. The van der Waals surface area contributed by atoms with E-state index >= 15 is 0 Å². The SMILES string of the molecule is Cl.Clc1ccc2cc(NC3CCNC3)ccc2n1. The molecule has 0 aliphatic carbocycles. The van der Waals surface area contributed by atoms with Crippen LogP contribution in [0, 0.1) is 0 Å². The molecule has 0 bridgehead atoms. The molecule has 0 radical (unpaired) electrons. The molecule has 1 aliphatic heterocycles. The third-order valence-corrected chi connectivity index (χ3v) is 3.30. The number of hydrogen-bond donors (Lipinski definition) is 2. The quantitative estimate of drug-likeness (QED) is 0.832. The summed E-state index contributed by atoms with van der Waals surface area (Å²) in [4.78, 5) is 4.27. The Morgan fingerprint density at radius 2 is 2.17 bits per heavy atom. The molecule has 3 nitrogen and oxygen atoms in total. The summed E-state index contributed by atoms with van der Waals surface area (Å²) in [6.07, 6.45) is 1.18. The Labute approximate surface area is 117 Å². The molecular weight excluding hydrogens is 269 g/mol. The second-order valence-electron chi connectivity index (χ2n) is 4.38. The topological polar surface area (TPSA) is 37.0 Å². The standard InChI is InChI=1S/C13H14ClN3.ClH/c14-13-4-1-9-7-10(2-3-12(9)17-13)16-11-5-6-15-8-11;/h1-4,7,11,15-16H,5-6,8H2;1H. The van der Waals surface area contributed by atoms with Gasteiger partial charge in [0.25, 0.3) is 0 Å². The van der Waals surface area contributed by atoms with Gasteiger partial charge in [0.2, 0.25) is 0 Å². The van der Waals surface area contributed by atoms with Gasteiger partial charge in [-0.3, -0.25) is 0 Å². The molecule has 1 aliphatic rings. The van der Waals surface area contributed by atoms with E-state index in [0.717, 1.165) is 29.7 Å². The van der Waals surface area contributed by atoms with E-state index in [0.29, 0.717) is 11.2 Å². The number of nitrogens with zero attached hydrogens (tertiary/aromatic N) is 1. The first-order chi connectivity index (χ1) is 8.31. The lowest BCUT2D eigenvalue weighted by Crippen LogP contribution is -2.21. The number of fused-ring (bicyclic) bond motifs is 1. The van der Waals surface area contributed by atoms with Crippen molar-refractivity contribution in [2.75, 3.05) is 18.4 Å². The summed E-state index contributed by atoms with van der Waals surface area (Å²) in [6.45, 7) is 2.14. The summed E-state index contributed by atoms with van der Waals surface area (Å²) in [7, 11) is 0. The first kappa shape index (κ1) is 13.4. The molecule has 0 spiro atoms. The zero-order valence-electron chi connectivity index (χ0n) is 9.82. The number of pyridine rings is 1. The van der Waals surface area contributed by atoms with Crippen molar-refractivity contribution in [1.82, 2.24) is 10.3 Å². The molecule has 2 aromatic rings.